The quantitative estimate of drug-likeness (QED) is 0.645. The Hall–Kier alpha value is -0.150. The number of rotatable bonds is 5. The van der Waals surface area contributed by atoms with E-state index < -0.39 is 0 Å². The summed E-state index contributed by atoms with van der Waals surface area (Å²) in [7, 11) is 0. The van der Waals surface area contributed by atoms with Crippen LogP contribution in [0.1, 0.15) is 19.3 Å². The molecule has 0 bridgehead atoms. The molecular formula is C10H19FN2. The molecule has 1 N–H and O–H groups in total. The average Bonchev–Trinajstić information content (AvgIpc) is 2.88. The van der Waals surface area contributed by atoms with Gasteiger partial charge in [0.1, 0.15) is 6.67 Å². The third-order valence-corrected chi connectivity index (χ3v) is 3.08. The molecule has 1 unspecified atom stereocenters. The summed E-state index contributed by atoms with van der Waals surface area (Å²) < 4.78 is 11.8. The van der Waals surface area contributed by atoms with Crippen LogP contribution in [-0.2, 0) is 0 Å². The van der Waals surface area contributed by atoms with E-state index in [1.165, 1.54) is 32.4 Å². The van der Waals surface area contributed by atoms with Gasteiger partial charge in [-0.25, -0.2) is 4.39 Å². The molecule has 0 amide bonds. The zero-order valence-electron chi connectivity index (χ0n) is 8.14. The van der Waals surface area contributed by atoms with Crippen LogP contribution < -0.4 is 5.32 Å². The Bertz CT molecular complexity index is 159. The first-order chi connectivity index (χ1) is 6.40. The maximum absolute atomic E-state index is 11.8. The molecule has 1 saturated carbocycles. The minimum Gasteiger partial charge on any atom is -0.314 e. The van der Waals surface area contributed by atoms with Crippen molar-refractivity contribution in [2.24, 2.45) is 5.92 Å². The Morgan fingerprint density at radius 2 is 2.15 bits per heavy atom. The number of halogens is 1. The van der Waals surface area contributed by atoms with Gasteiger partial charge in [0.25, 0.3) is 0 Å². The summed E-state index contributed by atoms with van der Waals surface area (Å²) in [5.74, 6) is 0.771. The molecular weight excluding hydrogens is 167 g/mol. The monoisotopic (exact) mass is 186 g/mol. The van der Waals surface area contributed by atoms with E-state index in [1.807, 2.05) is 0 Å². The summed E-state index contributed by atoms with van der Waals surface area (Å²) in [5.41, 5.74) is 0. The largest absolute Gasteiger partial charge is 0.314 e. The molecule has 1 aliphatic heterocycles. The van der Waals surface area contributed by atoms with Gasteiger partial charge in [0.15, 0.2) is 0 Å². The fraction of sp³-hybridized carbons (Fsp3) is 1.00. The highest BCUT2D eigenvalue weighted by atomic mass is 19.1. The predicted molar refractivity (Wildman–Crippen MR) is 51.5 cm³/mol. The van der Waals surface area contributed by atoms with Crippen molar-refractivity contribution in [1.82, 2.24) is 10.2 Å². The molecule has 1 saturated heterocycles. The van der Waals surface area contributed by atoms with E-state index in [-0.39, 0.29) is 6.67 Å². The van der Waals surface area contributed by atoms with Crippen LogP contribution in [-0.4, -0.2) is 43.8 Å². The lowest BCUT2D eigenvalue weighted by Crippen LogP contribution is -2.28. The van der Waals surface area contributed by atoms with Gasteiger partial charge < -0.3 is 10.2 Å². The Morgan fingerprint density at radius 3 is 2.85 bits per heavy atom. The molecule has 0 spiro atoms. The fourth-order valence-corrected chi connectivity index (χ4v) is 2.17. The summed E-state index contributed by atoms with van der Waals surface area (Å²) in [6.45, 7) is 3.81. The third-order valence-electron chi connectivity index (χ3n) is 3.08. The first kappa shape index (κ1) is 9.41. The Labute approximate surface area is 79.5 Å². The zero-order chi connectivity index (χ0) is 9.10. The van der Waals surface area contributed by atoms with Gasteiger partial charge in [-0.05, 0) is 38.3 Å². The van der Waals surface area contributed by atoms with Crippen LogP contribution in [0.4, 0.5) is 4.39 Å². The molecule has 3 heteroatoms. The summed E-state index contributed by atoms with van der Waals surface area (Å²) >= 11 is 0. The van der Waals surface area contributed by atoms with Crippen LogP contribution in [0.3, 0.4) is 0 Å². The second-order valence-corrected chi connectivity index (χ2v) is 4.27. The number of nitrogens with one attached hydrogen (secondary N) is 1. The average molecular weight is 186 g/mol. The lowest BCUT2D eigenvalue weighted by molar-refractivity contribution is 0.311. The first-order valence-electron chi connectivity index (χ1n) is 5.41. The van der Waals surface area contributed by atoms with Crippen LogP contribution in [0, 0.1) is 5.92 Å². The van der Waals surface area contributed by atoms with Crippen molar-refractivity contribution in [3.8, 4) is 0 Å². The first-order valence-corrected chi connectivity index (χ1v) is 5.41. The molecule has 0 aromatic carbocycles. The summed E-state index contributed by atoms with van der Waals surface area (Å²) in [4.78, 5) is 2.60. The molecule has 2 rings (SSSR count). The van der Waals surface area contributed by atoms with Gasteiger partial charge in [0, 0.05) is 19.1 Å². The Morgan fingerprint density at radius 1 is 1.31 bits per heavy atom. The minimum atomic E-state index is -0.237. The maximum Gasteiger partial charge on any atom is 0.102 e. The highest BCUT2D eigenvalue weighted by molar-refractivity contribution is 4.89. The van der Waals surface area contributed by atoms with Gasteiger partial charge in [-0.3, -0.25) is 0 Å². The number of likely N-dealkylation sites (tertiary alicyclic amines) is 1. The topological polar surface area (TPSA) is 15.3 Å². The van der Waals surface area contributed by atoms with Gasteiger partial charge >= 0.3 is 0 Å². The van der Waals surface area contributed by atoms with Crippen LogP contribution >= 0.6 is 0 Å². The molecule has 0 aromatic heterocycles. The summed E-state index contributed by atoms with van der Waals surface area (Å²) in [6, 6.07) is 0.908. The van der Waals surface area contributed by atoms with E-state index in [2.05, 4.69) is 10.2 Å². The summed E-state index contributed by atoms with van der Waals surface area (Å²) in [5, 5.41) is 3.16. The summed E-state index contributed by atoms with van der Waals surface area (Å²) in [6.07, 6.45) is 4.12. The number of nitrogens with zero attached hydrogens (tertiary/aromatic N) is 1. The van der Waals surface area contributed by atoms with Crippen molar-refractivity contribution < 1.29 is 4.39 Å². The van der Waals surface area contributed by atoms with Gasteiger partial charge in [-0.1, -0.05) is 0 Å². The predicted octanol–water partition coefficient (Wildman–Crippen LogP) is 1.03. The van der Waals surface area contributed by atoms with Gasteiger partial charge in [-0.2, -0.15) is 0 Å². The molecule has 0 radical (unpaired) electrons. The van der Waals surface area contributed by atoms with Crippen molar-refractivity contribution in [2.45, 2.75) is 25.3 Å². The normalized spacial score (nSPS) is 29.8. The number of alkyl halides is 1. The Kier molecular flexibility index (Phi) is 3.17. The second-order valence-electron chi connectivity index (χ2n) is 4.27. The highest BCUT2D eigenvalue weighted by Gasteiger charge is 2.33. The molecule has 0 aromatic rings. The lowest BCUT2D eigenvalue weighted by Gasteiger charge is -2.14. The molecule has 1 atom stereocenters. The molecule has 2 nitrogen and oxygen atoms in total. The smallest absolute Gasteiger partial charge is 0.102 e. The van der Waals surface area contributed by atoms with E-state index >= 15 is 0 Å². The van der Waals surface area contributed by atoms with Gasteiger partial charge in [0.2, 0.25) is 0 Å². The SMILES string of the molecule is FCCNCC1CCN(C2CC2)C1. The lowest BCUT2D eigenvalue weighted by atomic mass is 10.1. The van der Waals surface area contributed by atoms with E-state index in [9.17, 15) is 4.39 Å². The van der Waals surface area contributed by atoms with Gasteiger partial charge in [0.05, 0.1) is 0 Å². The van der Waals surface area contributed by atoms with E-state index in [0.717, 1.165) is 18.5 Å². The second kappa shape index (κ2) is 4.38. The van der Waals surface area contributed by atoms with E-state index in [4.69, 9.17) is 0 Å². The molecule has 2 aliphatic rings. The maximum atomic E-state index is 11.8. The molecule has 1 heterocycles. The molecule has 13 heavy (non-hydrogen) atoms. The van der Waals surface area contributed by atoms with Crippen LogP contribution in [0.25, 0.3) is 0 Å². The van der Waals surface area contributed by atoms with Crippen molar-refractivity contribution in [2.75, 3.05) is 32.9 Å². The van der Waals surface area contributed by atoms with Crippen molar-refractivity contribution in [3.05, 3.63) is 0 Å². The van der Waals surface area contributed by atoms with Crippen molar-refractivity contribution in [1.29, 1.82) is 0 Å². The van der Waals surface area contributed by atoms with Crippen molar-refractivity contribution in [3.63, 3.8) is 0 Å². The van der Waals surface area contributed by atoms with Crippen molar-refractivity contribution >= 4 is 0 Å². The van der Waals surface area contributed by atoms with Crippen LogP contribution in [0.2, 0.25) is 0 Å². The molecule has 76 valence electrons. The standard InChI is InChI=1S/C10H19FN2/c11-4-5-12-7-9-3-6-13(8-9)10-1-2-10/h9-10,12H,1-8H2. The van der Waals surface area contributed by atoms with E-state index in [0.29, 0.717) is 6.54 Å². The van der Waals surface area contributed by atoms with Crippen LogP contribution in [0.5, 0.6) is 0 Å². The minimum absolute atomic E-state index is 0.237. The molecule has 2 fully saturated rings. The van der Waals surface area contributed by atoms with E-state index in [1.54, 1.807) is 0 Å². The Balaban J connectivity index is 1.60. The van der Waals surface area contributed by atoms with Crippen LogP contribution in [0.15, 0.2) is 0 Å². The fourth-order valence-electron chi connectivity index (χ4n) is 2.17. The zero-order valence-corrected chi connectivity index (χ0v) is 8.14. The highest BCUT2D eigenvalue weighted by Crippen LogP contribution is 2.31. The molecule has 1 aliphatic carbocycles. The number of hydrogen-bond donors (Lipinski definition) is 1. The number of hydrogen-bond acceptors (Lipinski definition) is 2. The van der Waals surface area contributed by atoms with Gasteiger partial charge in [-0.15, -0.1) is 0 Å². The third kappa shape index (κ3) is 2.64.